The lowest BCUT2D eigenvalue weighted by Gasteiger charge is -1.94. The van der Waals surface area contributed by atoms with Crippen LogP contribution in [0.1, 0.15) is 15.2 Å². The van der Waals surface area contributed by atoms with Crippen molar-refractivity contribution in [2.75, 3.05) is 7.11 Å². The summed E-state index contributed by atoms with van der Waals surface area (Å²) in [5.41, 5.74) is 0.867. The molecule has 1 rings (SSSR count). The third-order valence-corrected chi connectivity index (χ3v) is 2.60. The van der Waals surface area contributed by atoms with Gasteiger partial charge < -0.3 is 4.74 Å². The van der Waals surface area contributed by atoms with Crippen LogP contribution in [0.4, 0.5) is 0 Å². The van der Waals surface area contributed by atoms with Gasteiger partial charge in [0, 0.05) is 0 Å². The van der Waals surface area contributed by atoms with E-state index in [9.17, 15) is 4.79 Å². The molecule has 0 aliphatic rings. The summed E-state index contributed by atoms with van der Waals surface area (Å²) in [4.78, 5) is 11.6. The summed E-state index contributed by atoms with van der Waals surface area (Å²) in [7, 11) is 1.36. The van der Waals surface area contributed by atoms with Crippen molar-refractivity contribution in [2.24, 2.45) is 0 Å². The molecule has 0 saturated carbocycles. The van der Waals surface area contributed by atoms with Gasteiger partial charge in [0.25, 0.3) is 0 Å². The fourth-order valence-electron chi connectivity index (χ4n) is 0.739. The second-order valence-electron chi connectivity index (χ2n) is 2.05. The van der Waals surface area contributed by atoms with Gasteiger partial charge in [-0.25, -0.2) is 4.79 Å². The maximum Gasteiger partial charge on any atom is 0.348 e. The highest BCUT2D eigenvalue weighted by atomic mass is 35.5. The van der Waals surface area contributed by atoms with Gasteiger partial charge in [-0.05, 0) is 18.6 Å². The van der Waals surface area contributed by atoms with E-state index in [-0.39, 0.29) is 5.97 Å². The number of halogens is 1. The van der Waals surface area contributed by atoms with Crippen molar-refractivity contribution in [3.8, 4) is 0 Å². The molecule has 0 bridgehead atoms. The Morgan fingerprint density at radius 1 is 1.73 bits per heavy atom. The van der Waals surface area contributed by atoms with Gasteiger partial charge in [0.1, 0.15) is 4.88 Å². The SMILES string of the molecule is COC(=O)c1sc(Cl)cc1C. The Bertz CT molecular complexity index is 280. The van der Waals surface area contributed by atoms with Gasteiger partial charge in [-0.3, -0.25) is 0 Å². The fourth-order valence-corrected chi connectivity index (χ4v) is 1.95. The van der Waals surface area contributed by atoms with Crippen LogP contribution in [0.2, 0.25) is 4.34 Å². The lowest BCUT2D eigenvalue weighted by molar-refractivity contribution is 0.0605. The Hall–Kier alpha value is -0.540. The number of methoxy groups -OCH3 is 1. The minimum atomic E-state index is -0.320. The molecule has 0 saturated heterocycles. The topological polar surface area (TPSA) is 26.3 Å². The Balaban J connectivity index is 3.03. The molecule has 0 aliphatic heterocycles. The molecule has 1 heterocycles. The van der Waals surface area contributed by atoms with E-state index in [1.54, 1.807) is 6.07 Å². The van der Waals surface area contributed by atoms with Gasteiger partial charge in [-0.15, -0.1) is 11.3 Å². The molecule has 0 N–H and O–H groups in total. The molecule has 0 aromatic carbocycles. The average molecular weight is 191 g/mol. The monoisotopic (exact) mass is 190 g/mol. The van der Waals surface area contributed by atoms with E-state index in [0.29, 0.717) is 9.21 Å². The first-order valence-corrected chi connectivity index (χ1v) is 4.19. The lowest BCUT2D eigenvalue weighted by atomic mass is 10.3. The third kappa shape index (κ3) is 1.73. The van der Waals surface area contributed by atoms with Crippen LogP contribution in [0.3, 0.4) is 0 Å². The number of carbonyl (C=O) groups excluding carboxylic acids is 1. The molecule has 0 atom stereocenters. The number of hydrogen-bond acceptors (Lipinski definition) is 3. The quantitative estimate of drug-likeness (QED) is 0.636. The number of aryl methyl sites for hydroxylation is 1. The third-order valence-electron chi connectivity index (χ3n) is 1.26. The molecule has 0 radical (unpaired) electrons. The zero-order valence-electron chi connectivity index (χ0n) is 6.18. The molecule has 1 aromatic rings. The van der Waals surface area contributed by atoms with Gasteiger partial charge in [0.05, 0.1) is 11.4 Å². The molecule has 1 aromatic heterocycles. The number of thiophene rings is 1. The summed E-state index contributed by atoms with van der Waals surface area (Å²) in [5, 5.41) is 0. The van der Waals surface area contributed by atoms with Crippen molar-refractivity contribution in [3.05, 3.63) is 20.8 Å². The second kappa shape index (κ2) is 3.24. The first-order valence-electron chi connectivity index (χ1n) is 2.99. The normalized spacial score (nSPS) is 9.73. The van der Waals surface area contributed by atoms with Gasteiger partial charge >= 0.3 is 5.97 Å². The van der Waals surface area contributed by atoms with Gasteiger partial charge in [0.2, 0.25) is 0 Å². The van der Waals surface area contributed by atoms with Crippen LogP contribution in [0.25, 0.3) is 0 Å². The Labute approximate surface area is 73.7 Å². The minimum Gasteiger partial charge on any atom is -0.465 e. The molecular formula is C7H7ClO2S. The predicted molar refractivity (Wildman–Crippen MR) is 45.4 cm³/mol. The smallest absolute Gasteiger partial charge is 0.348 e. The minimum absolute atomic E-state index is 0.320. The predicted octanol–water partition coefficient (Wildman–Crippen LogP) is 2.50. The Kier molecular flexibility index (Phi) is 2.52. The van der Waals surface area contributed by atoms with Gasteiger partial charge in [0.15, 0.2) is 0 Å². The van der Waals surface area contributed by atoms with E-state index in [2.05, 4.69) is 4.74 Å². The van der Waals surface area contributed by atoms with Crippen molar-refractivity contribution in [1.29, 1.82) is 0 Å². The van der Waals surface area contributed by atoms with Crippen molar-refractivity contribution in [1.82, 2.24) is 0 Å². The van der Waals surface area contributed by atoms with Crippen molar-refractivity contribution >= 4 is 28.9 Å². The van der Waals surface area contributed by atoms with Crippen molar-refractivity contribution < 1.29 is 9.53 Å². The van der Waals surface area contributed by atoms with E-state index < -0.39 is 0 Å². The number of rotatable bonds is 1. The highest BCUT2D eigenvalue weighted by Crippen LogP contribution is 2.26. The molecular weight excluding hydrogens is 184 g/mol. The Morgan fingerprint density at radius 2 is 2.36 bits per heavy atom. The fraction of sp³-hybridized carbons (Fsp3) is 0.286. The molecule has 0 unspecified atom stereocenters. The van der Waals surface area contributed by atoms with E-state index in [1.807, 2.05) is 6.92 Å². The average Bonchev–Trinajstić information content (AvgIpc) is 2.28. The zero-order valence-corrected chi connectivity index (χ0v) is 7.75. The number of carbonyl (C=O) groups is 1. The summed E-state index contributed by atoms with van der Waals surface area (Å²) >= 11 is 6.92. The van der Waals surface area contributed by atoms with Crippen LogP contribution in [0.15, 0.2) is 6.07 Å². The highest BCUT2D eigenvalue weighted by molar-refractivity contribution is 7.18. The molecule has 0 spiro atoms. The summed E-state index contributed by atoms with van der Waals surface area (Å²) in [6, 6.07) is 1.75. The largest absolute Gasteiger partial charge is 0.465 e. The van der Waals surface area contributed by atoms with Crippen molar-refractivity contribution in [2.45, 2.75) is 6.92 Å². The maximum atomic E-state index is 11.0. The standard InChI is InChI=1S/C7H7ClO2S/c1-4-3-5(8)11-6(4)7(9)10-2/h3H,1-2H3. The van der Waals surface area contributed by atoms with Crippen LogP contribution in [0.5, 0.6) is 0 Å². The van der Waals surface area contributed by atoms with Gasteiger partial charge in [-0.2, -0.15) is 0 Å². The number of hydrogen-bond donors (Lipinski definition) is 0. The summed E-state index contributed by atoms with van der Waals surface area (Å²) in [6.45, 7) is 1.83. The first kappa shape index (κ1) is 8.56. The molecule has 60 valence electrons. The van der Waals surface area contributed by atoms with E-state index in [1.165, 1.54) is 18.4 Å². The molecule has 4 heteroatoms. The van der Waals surface area contributed by atoms with Gasteiger partial charge in [-0.1, -0.05) is 11.6 Å². The molecule has 11 heavy (non-hydrogen) atoms. The lowest BCUT2D eigenvalue weighted by Crippen LogP contribution is -1.99. The molecule has 0 fully saturated rings. The van der Waals surface area contributed by atoms with E-state index in [4.69, 9.17) is 11.6 Å². The van der Waals surface area contributed by atoms with Crippen LogP contribution in [-0.2, 0) is 4.74 Å². The first-order chi connectivity index (χ1) is 5.15. The summed E-state index contributed by atoms with van der Waals surface area (Å²) in [5.74, 6) is -0.320. The van der Waals surface area contributed by atoms with Crippen molar-refractivity contribution in [3.63, 3.8) is 0 Å². The second-order valence-corrected chi connectivity index (χ2v) is 3.74. The molecule has 2 nitrogen and oxygen atoms in total. The summed E-state index contributed by atoms with van der Waals surface area (Å²) < 4.78 is 5.16. The Morgan fingerprint density at radius 3 is 2.73 bits per heavy atom. The van der Waals surface area contributed by atoms with Crippen LogP contribution in [-0.4, -0.2) is 13.1 Å². The van der Waals surface area contributed by atoms with E-state index >= 15 is 0 Å². The zero-order chi connectivity index (χ0) is 8.43. The van der Waals surface area contributed by atoms with Crippen LogP contribution < -0.4 is 0 Å². The number of ether oxygens (including phenoxy) is 1. The van der Waals surface area contributed by atoms with Crippen LogP contribution >= 0.6 is 22.9 Å². The molecule has 0 aliphatic carbocycles. The number of esters is 1. The van der Waals surface area contributed by atoms with E-state index in [0.717, 1.165) is 5.56 Å². The van der Waals surface area contributed by atoms with Crippen LogP contribution in [0, 0.1) is 6.92 Å². The molecule has 0 amide bonds. The maximum absolute atomic E-state index is 11.0. The highest BCUT2D eigenvalue weighted by Gasteiger charge is 2.12. The summed E-state index contributed by atoms with van der Waals surface area (Å²) in [6.07, 6.45) is 0.